The van der Waals surface area contributed by atoms with Crippen molar-refractivity contribution in [2.24, 2.45) is 4.99 Å². The molecule has 0 radical (unpaired) electrons. The highest BCUT2D eigenvalue weighted by molar-refractivity contribution is 14.0. The number of halogens is 1. The van der Waals surface area contributed by atoms with Gasteiger partial charge >= 0.3 is 0 Å². The second kappa shape index (κ2) is 12.9. The van der Waals surface area contributed by atoms with Gasteiger partial charge in [-0.05, 0) is 25.5 Å². The molecule has 4 nitrogen and oxygen atoms in total. The van der Waals surface area contributed by atoms with Crippen LogP contribution < -0.4 is 10.6 Å². The highest BCUT2D eigenvalue weighted by atomic mass is 127. The molecule has 1 aromatic heterocycles. The molecule has 1 heterocycles. The first-order valence-corrected chi connectivity index (χ1v) is 7.63. The number of nitrogens with one attached hydrogen (secondary N) is 2. The SMILES string of the molecule is CCCCCC(C)NC(=NC)NCCc1ccccn1.I. The summed E-state index contributed by atoms with van der Waals surface area (Å²) in [6.45, 7) is 5.29. The molecule has 120 valence electrons. The Morgan fingerprint density at radius 1 is 1.33 bits per heavy atom. The molecule has 0 aliphatic heterocycles. The van der Waals surface area contributed by atoms with Crippen molar-refractivity contribution in [1.29, 1.82) is 0 Å². The van der Waals surface area contributed by atoms with E-state index in [-0.39, 0.29) is 24.0 Å². The van der Waals surface area contributed by atoms with Gasteiger partial charge in [0.05, 0.1) is 0 Å². The van der Waals surface area contributed by atoms with Crippen LogP contribution in [-0.4, -0.2) is 30.6 Å². The van der Waals surface area contributed by atoms with Crippen LogP contribution in [0.5, 0.6) is 0 Å². The summed E-state index contributed by atoms with van der Waals surface area (Å²) in [5, 5.41) is 6.77. The Morgan fingerprint density at radius 3 is 2.76 bits per heavy atom. The minimum absolute atomic E-state index is 0. The van der Waals surface area contributed by atoms with E-state index in [4.69, 9.17) is 0 Å². The van der Waals surface area contributed by atoms with Gasteiger partial charge in [-0.2, -0.15) is 0 Å². The van der Waals surface area contributed by atoms with Gasteiger partial charge in [0.2, 0.25) is 0 Å². The van der Waals surface area contributed by atoms with Crippen molar-refractivity contribution in [1.82, 2.24) is 15.6 Å². The van der Waals surface area contributed by atoms with Crippen LogP contribution >= 0.6 is 24.0 Å². The predicted molar refractivity (Wildman–Crippen MR) is 101 cm³/mol. The number of unbranched alkanes of at least 4 members (excludes halogenated alkanes) is 2. The van der Waals surface area contributed by atoms with Crippen LogP contribution in [0, 0.1) is 0 Å². The minimum Gasteiger partial charge on any atom is -0.356 e. The van der Waals surface area contributed by atoms with Gasteiger partial charge in [0.25, 0.3) is 0 Å². The number of hydrogen-bond acceptors (Lipinski definition) is 2. The molecule has 1 atom stereocenters. The highest BCUT2D eigenvalue weighted by Crippen LogP contribution is 2.02. The summed E-state index contributed by atoms with van der Waals surface area (Å²) >= 11 is 0. The molecule has 0 aliphatic rings. The van der Waals surface area contributed by atoms with Gasteiger partial charge in [0, 0.05) is 37.9 Å². The molecule has 0 amide bonds. The largest absolute Gasteiger partial charge is 0.356 e. The maximum atomic E-state index is 4.31. The first-order chi connectivity index (χ1) is 9.76. The lowest BCUT2D eigenvalue weighted by Crippen LogP contribution is -2.42. The average molecular weight is 404 g/mol. The Kier molecular flexibility index (Phi) is 12.3. The summed E-state index contributed by atoms with van der Waals surface area (Å²) in [5.74, 6) is 0.880. The van der Waals surface area contributed by atoms with Crippen molar-refractivity contribution < 1.29 is 0 Å². The Bertz CT molecular complexity index is 381. The minimum atomic E-state index is 0. The maximum Gasteiger partial charge on any atom is 0.191 e. The third kappa shape index (κ3) is 9.66. The molecule has 2 N–H and O–H groups in total. The van der Waals surface area contributed by atoms with E-state index in [0.29, 0.717) is 6.04 Å². The van der Waals surface area contributed by atoms with E-state index in [1.165, 1.54) is 25.7 Å². The molecule has 0 saturated carbocycles. The lowest BCUT2D eigenvalue weighted by molar-refractivity contribution is 0.547. The van der Waals surface area contributed by atoms with E-state index < -0.39 is 0 Å². The second-order valence-corrected chi connectivity index (χ2v) is 5.11. The summed E-state index contributed by atoms with van der Waals surface area (Å²) in [7, 11) is 1.81. The van der Waals surface area contributed by atoms with E-state index in [9.17, 15) is 0 Å². The molecule has 21 heavy (non-hydrogen) atoms. The second-order valence-electron chi connectivity index (χ2n) is 5.11. The van der Waals surface area contributed by atoms with Crippen LogP contribution in [0.15, 0.2) is 29.4 Å². The molecular weight excluding hydrogens is 375 g/mol. The van der Waals surface area contributed by atoms with Crippen molar-refractivity contribution >= 4 is 29.9 Å². The van der Waals surface area contributed by atoms with E-state index >= 15 is 0 Å². The predicted octanol–water partition coefficient (Wildman–Crippen LogP) is 3.38. The first-order valence-electron chi connectivity index (χ1n) is 7.63. The van der Waals surface area contributed by atoms with Crippen LogP contribution in [0.4, 0.5) is 0 Å². The number of nitrogens with zero attached hydrogens (tertiary/aromatic N) is 2. The van der Waals surface area contributed by atoms with Crippen molar-refractivity contribution in [2.45, 2.75) is 52.0 Å². The van der Waals surface area contributed by atoms with Gasteiger partial charge in [-0.25, -0.2) is 0 Å². The number of guanidine groups is 1. The Hall–Kier alpha value is -0.850. The van der Waals surface area contributed by atoms with Crippen LogP contribution in [-0.2, 0) is 6.42 Å². The summed E-state index contributed by atoms with van der Waals surface area (Å²) in [6.07, 6.45) is 7.77. The van der Waals surface area contributed by atoms with Crippen molar-refractivity contribution in [3.8, 4) is 0 Å². The lowest BCUT2D eigenvalue weighted by atomic mass is 10.1. The van der Waals surface area contributed by atoms with E-state index in [1.54, 1.807) is 0 Å². The third-order valence-corrected chi connectivity index (χ3v) is 3.25. The Labute approximate surface area is 146 Å². The molecule has 0 aliphatic carbocycles. The van der Waals surface area contributed by atoms with Crippen LogP contribution in [0.2, 0.25) is 0 Å². The van der Waals surface area contributed by atoms with Gasteiger partial charge in [0.1, 0.15) is 0 Å². The van der Waals surface area contributed by atoms with Crippen molar-refractivity contribution in [3.63, 3.8) is 0 Å². The summed E-state index contributed by atoms with van der Waals surface area (Å²) in [5.41, 5.74) is 1.10. The zero-order chi connectivity index (χ0) is 14.6. The van der Waals surface area contributed by atoms with Gasteiger partial charge in [0.15, 0.2) is 5.96 Å². The van der Waals surface area contributed by atoms with Gasteiger partial charge in [-0.1, -0.05) is 32.3 Å². The fraction of sp³-hybridized carbons (Fsp3) is 0.625. The molecular formula is C16H29IN4. The molecule has 5 heteroatoms. The molecule has 0 saturated heterocycles. The maximum absolute atomic E-state index is 4.31. The average Bonchev–Trinajstić information content (AvgIpc) is 2.47. The van der Waals surface area contributed by atoms with Gasteiger partial charge in [-0.3, -0.25) is 9.98 Å². The van der Waals surface area contributed by atoms with Crippen LogP contribution in [0.25, 0.3) is 0 Å². The normalized spacial score (nSPS) is 12.4. The first kappa shape index (κ1) is 20.1. The Balaban J connectivity index is 0.00000400. The smallest absolute Gasteiger partial charge is 0.191 e. The van der Waals surface area contributed by atoms with E-state index in [1.807, 2.05) is 31.4 Å². The molecule has 1 rings (SSSR count). The monoisotopic (exact) mass is 404 g/mol. The molecule has 0 spiro atoms. The quantitative estimate of drug-likeness (QED) is 0.302. The zero-order valence-electron chi connectivity index (χ0n) is 13.4. The van der Waals surface area contributed by atoms with Crippen molar-refractivity contribution in [3.05, 3.63) is 30.1 Å². The molecule has 0 fully saturated rings. The van der Waals surface area contributed by atoms with E-state index in [2.05, 4.69) is 34.5 Å². The summed E-state index contributed by atoms with van der Waals surface area (Å²) < 4.78 is 0. The van der Waals surface area contributed by atoms with Crippen LogP contribution in [0.3, 0.4) is 0 Å². The fourth-order valence-corrected chi connectivity index (χ4v) is 2.06. The summed E-state index contributed by atoms with van der Waals surface area (Å²) in [6, 6.07) is 6.47. The number of aromatic nitrogens is 1. The Morgan fingerprint density at radius 2 is 2.14 bits per heavy atom. The molecule has 0 bridgehead atoms. The van der Waals surface area contributed by atoms with Crippen molar-refractivity contribution in [2.75, 3.05) is 13.6 Å². The van der Waals surface area contributed by atoms with Crippen LogP contribution in [0.1, 0.15) is 45.2 Å². The van der Waals surface area contributed by atoms with E-state index in [0.717, 1.165) is 24.6 Å². The molecule has 1 aromatic rings. The fourth-order valence-electron chi connectivity index (χ4n) is 2.06. The topological polar surface area (TPSA) is 49.3 Å². The standard InChI is InChI=1S/C16H28N4.HI/c1-4-5-6-9-14(2)20-16(17-3)19-13-11-15-10-7-8-12-18-15;/h7-8,10,12,14H,4-6,9,11,13H2,1-3H3,(H2,17,19,20);1H. The summed E-state index contributed by atoms with van der Waals surface area (Å²) in [4.78, 5) is 8.57. The van der Waals surface area contributed by atoms with Gasteiger partial charge in [-0.15, -0.1) is 24.0 Å². The number of hydrogen-bond donors (Lipinski definition) is 2. The highest BCUT2D eigenvalue weighted by Gasteiger charge is 2.04. The van der Waals surface area contributed by atoms with Gasteiger partial charge < -0.3 is 10.6 Å². The number of pyridine rings is 1. The molecule has 1 unspecified atom stereocenters. The third-order valence-electron chi connectivity index (χ3n) is 3.25. The number of aliphatic imine (C=N–C) groups is 1. The zero-order valence-corrected chi connectivity index (χ0v) is 15.8. The molecule has 0 aromatic carbocycles. The lowest BCUT2D eigenvalue weighted by Gasteiger charge is -2.17. The number of rotatable bonds is 8.